The number of nitrogens with zero attached hydrogens (tertiary/aromatic N) is 3. The second-order valence-electron chi connectivity index (χ2n) is 5.46. The fourth-order valence-corrected chi connectivity index (χ4v) is 2.69. The van der Waals surface area contributed by atoms with Crippen LogP contribution in [0.2, 0.25) is 0 Å². The van der Waals surface area contributed by atoms with Gasteiger partial charge in [-0.15, -0.1) is 10.2 Å². The second kappa shape index (κ2) is 8.52. The van der Waals surface area contributed by atoms with E-state index in [2.05, 4.69) is 15.5 Å². The Hall–Kier alpha value is -2.55. The average molecular weight is 363 g/mol. The van der Waals surface area contributed by atoms with Crippen LogP contribution in [-0.2, 0) is 16.0 Å². The number of nitrogen functional groups attached to an aromatic ring is 1. The summed E-state index contributed by atoms with van der Waals surface area (Å²) in [5, 5.41) is 11.1. The van der Waals surface area contributed by atoms with Crippen molar-refractivity contribution in [3.05, 3.63) is 35.7 Å². The molecule has 0 atom stereocenters. The number of hydrogen-bond acceptors (Lipinski definition) is 7. The largest absolute Gasteiger partial charge is 0.459 e. The molecule has 0 saturated carbocycles. The van der Waals surface area contributed by atoms with E-state index in [1.807, 2.05) is 6.92 Å². The molecule has 2 aromatic rings. The van der Waals surface area contributed by atoms with E-state index in [9.17, 15) is 9.59 Å². The molecule has 25 heavy (non-hydrogen) atoms. The topological polar surface area (TPSA) is 112 Å². The Bertz CT molecular complexity index is 760. The molecular weight excluding hydrogens is 342 g/mol. The molecule has 134 valence electrons. The molecule has 0 aliphatic heterocycles. The normalized spacial score (nSPS) is 10.7. The Labute approximate surface area is 150 Å². The van der Waals surface area contributed by atoms with E-state index in [0.717, 1.165) is 0 Å². The van der Waals surface area contributed by atoms with E-state index in [4.69, 9.17) is 10.6 Å². The van der Waals surface area contributed by atoms with E-state index in [-0.39, 0.29) is 17.8 Å². The highest BCUT2D eigenvalue weighted by Gasteiger charge is 2.16. The van der Waals surface area contributed by atoms with Gasteiger partial charge < -0.3 is 15.9 Å². The van der Waals surface area contributed by atoms with Crippen LogP contribution in [0.15, 0.2) is 29.4 Å². The first-order chi connectivity index (χ1) is 11.9. The predicted octanol–water partition coefficient (Wildman–Crippen LogP) is 1.85. The number of hydrogen-bond donors (Lipinski definition) is 2. The third-order valence-electron chi connectivity index (χ3n) is 3.15. The Morgan fingerprint density at radius 1 is 1.32 bits per heavy atom. The summed E-state index contributed by atoms with van der Waals surface area (Å²) in [4.78, 5) is 24.3. The Morgan fingerprint density at radius 3 is 2.68 bits per heavy atom. The zero-order valence-electron chi connectivity index (χ0n) is 14.4. The summed E-state index contributed by atoms with van der Waals surface area (Å²) < 4.78 is 6.55. The summed E-state index contributed by atoms with van der Waals surface area (Å²) in [5.74, 6) is 5.81. The van der Waals surface area contributed by atoms with Gasteiger partial charge in [0, 0.05) is 6.42 Å². The summed E-state index contributed by atoms with van der Waals surface area (Å²) in [6.45, 7) is 5.45. The molecule has 0 fully saturated rings. The predicted molar refractivity (Wildman–Crippen MR) is 95.9 cm³/mol. The number of carbonyl (C=O) groups excluding carboxylic acids is 2. The molecule has 3 N–H and O–H groups in total. The van der Waals surface area contributed by atoms with Gasteiger partial charge in [-0.05, 0) is 26.0 Å². The maximum absolute atomic E-state index is 12.2. The minimum absolute atomic E-state index is 0.0899. The molecule has 1 aromatic heterocycles. The molecule has 9 heteroatoms. The van der Waals surface area contributed by atoms with Crippen molar-refractivity contribution in [3.8, 4) is 0 Å². The number of thioether (sulfide) groups is 1. The van der Waals surface area contributed by atoms with Crippen LogP contribution in [-0.4, -0.2) is 38.6 Å². The quantitative estimate of drug-likeness (QED) is 0.438. The van der Waals surface area contributed by atoms with Gasteiger partial charge in [0.05, 0.1) is 23.1 Å². The molecule has 0 aliphatic carbocycles. The van der Waals surface area contributed by atoms with Gasteiger partial charge in [-0.2, -0.15) is 0 Å². The van der Waals surface area contributed by atoms with Crippen molar-refractivity contribution in [2.75, 3.05) is 16.9 Å². The Balaban J connectivity index is 2.01. The lowest BCUT2D eigenvalue weighted by atomic mass is 10.2. The molecule has 0 bridgehead atoms. The van der Waals surface area contributed by atoms with Crippen LogP contribution in [0.25, 0.3) is 0 Å². The fourth-order valence-electron chi connectivity index (χ4n) is 2.01. The first-order valence-electron chi connectivity index (χ1n) is 7.84. The van der Waals surface area contributed by atoms with Gasteiger partial charge >= 0.3 is 5.97 Å². The van der Waals surface area contributed by atoms with Crippen molar-refractivity contribution in [1.82, 2.24) is 14.9 Å². The number of amides is 1. The third kappa shape index (κ3) is 4.96. The number of para-hydroxylation sites is 1. The van der Waals surface area contributed by atoms with Crippen LogP contribution in [0.3, 0.4) is 0 Å². The van der Waals surface area contributed by atoms with Crippen LogP contribution in [0.5, 0.6) is 0 Å². The molecule has 8 nitrogen and oxygen atoms in total. The molecule has 0 spiro atoms. The van der Waals surface area contributed by atoms with E-state index < -0.39 is 5.97 Å². The number of benzene rings is 1. The zero-order valence-corrected chi connectivity index (χ0v) is 15.2. The maximum Gasteiger partial charge on any atom is 0.340 e. The van der Waals surface area contributed by atoms with Crippen molar-refractivity contribution in [3.63, 3.8) is 0 Å². The first kappa shape index (κ1) is 18.8. The molecule has 1 heterocycles. The summed E-state index contributed by atoms with van der Waals surface area (Å²) in [7, 11) is 0. The minimum Gasteiger partial charge on any atom is -0.459 e. The molecular formula is C16H21N5O3S. The lowest BCUT2D eigenvalue weighted by Crippen LogP contribution is -2.19. The summed E-state index contributed by atoms with van der Waals surface area (Å²) in [6.07, 6.45) is 0.414. The van der Waals surface area contributed by atoms with E-state index >= 15 is 0 Å². The van der Waals surface area contributed by atoms with Crippen molar-refractivity contribution < 1.29 is 14.3 Å². The molecule has 0 radical (unpaired) electrons. The van der Waals surface area contributed by atoms with Crippen LogP contribution >= 0.6 is 11.8 Å². The van der Waals surface area contributed by atoms with Crippen LogP contribution in [0.1, 0.15) is 37.0 Å². The summed E-state index contributed by atoms with van der Waals surface area (Å²) in [5.41, 5.74) is 0.715. The van der Waals surface area contributed by atoms with Crippen LogP contribution in [0.4, 0.5) is 5.69 Å². The number of aryl methyl sites for hydroxylation is 1. The summed E-state index contributed by atoms with van der Waals surface area (Å²) >= 11 is 1.17. The highest BCUT2D eigenvalue weighted by Crippen LogP contribution is 2.19. The van der Waals surface area contributed by atoms with Crippen molar-refractivity contribution in [2.24, 2.45) is 0 Å². The minimum atomic E-state index is -0.479. The number of ether oxygens (including phenoxy) is 1. The van der Waals surface area contributed by atoms with Gasteiger partial charge in [-0.1, -0.05) is 30.8 Å². The lowest BCUT2D eigenvalue weighted by Gasteiger charge is -2.12. The third-order valence-corrected chi connectivity index (χ3v) is 4.09. The number of rotatable bonds is 7. The van der Waals surface area contributed by atoms with Crippen LogP contribution < -0.4 is 11.2 Å². The van der Waals surface area contributed by atoms with Crippen molar-refractivity contribution in [1.29, 1.82) is 0 Å². The zero-order chi connectivity index (χ0) is 18.4. The van der Waals surface area contributed by atoms with Gasteiger partial charge in [0.15, 0.2) is 5.82 Å². The van der Waals surface area contributed by atoms with Gasteiger partial charge in [-0.3, -0.25) is 4.79 Å². The molecule has 0 unspecified atom stereocenters. The number of anilines is 1. The van der Waals surface area contributed by atoms with E-state index in [1.54, 1.807) is 38.1 Å². The van der Waals surface area contributed by atoms with Gasteiger partial charge in [0.25, 0.3) is 0 Å². The number of nitrogens with one attached hydrogen (secondary N) is 1. The standard InChI is InChI=1S/C16H21N5O3S/c1-4-13-19-20-16(21(13)17)25-9-14(22)18-12-8-6-5-7-11(12)15(23)24-10(2)3/h5-8,10H,4,9,17H2,1-3H3,(H,18,22). The first-order valence-corrected chi connectivity index (χ1v) is 8.83. The second-order valence-corrected chi connectivity index (χ2v) is 6.40. The molecule has 2 rings (SSSR count). The average Bonchev–Trinajstić information content (AvgIpc) is 2.92. The monoisotopic (exact) mass is 363 g/mol. The Morgan fingerprint density at radius 2 is 2.04 bits per heavy atom. The molecule has 1 amide bonds. The Kier molecular flexibility index (Phi) is 6.40. The smallest absolute Gasteiger partial charge is 0.340 e. The van der Waals surface area contributed by atoms with Gasteiger partial charge in [0.2, 0.25) is 11.1 Å². The molecule has 1 aromatic carbocycles. The van der Waals surface area contributed by atoms with Crippen molar-refractivity contribution in [2.45, 2.75) is 38.5 Å². The summed E-state index contributed by atoms with van der Waals surface area (Å²) in [6, 6.07) is 6.71. The van der Waals surface area contributed by atoms with Gasteiger partial charge in [0.1, 0.15) is 0 Å². The van der Waals surface area contributed by atoms with E-state index in [1.165, 1.54) is 16.4 Å². The molecule has 0 saturated heterocycles. The highest BCUT2D eigenvalue weighted by atomic mass is 32.2. The van der Waals surface area contributed by atoms with Gasteiger partial charge in [-0.25, -0.2) is 9.47 Å². The lowest BCUT2D eigenvalue weighted by molar-refractivity contribution is -0.113. The molecule has 0 aliphatic rings. The highest BCUT2D eigenvalue weighted by molar-refractivity contribution is 7.99. The van der Waals surface area contributed by atoms with E-state index in [0.29, 0.717) is 28.7 Å². The number of nitrogens with two attached hydrogens (primary N) is 1. The number of esters is 1. The fraction of sp³-hybridized carbons (Fsp3) is 0.375. The number of carbonyl (C=O) groups is 2. The maximum atomic E-state index is 12.2. The SMILES string of the molecule is CCc1nnc(SCC(=O)Nc2ccccc2C(=O)OC(C)C)n1N. The van der Waals surface area contributed by atoms with Crippen LogP contribution in [0, 0.1) is 0 Å². The van der Waals surface area contributed by atoms with Crippen molar-refractivity contribution >= 4 is 29.3 Å². The number of aromatic nitrogens is 3.